The van der Waals surface area contributed by atoms with E-state index in [1.165, 1.54) is 6.20 Å². The van der Waals surface area contributed by atoms with Gasteiger partial charge >= 0.3 is 5.97 Å². The molecule has 1 aromatic carbocycles. The number of carbonyl (C=O) groups excluding carboxylic acids is 1. The molecule has 0 unspecified atom stereocenters. The molecule has 0 bridgehead atoms. The van der Waals surface area contributed by atoms with Crippen LogP contribution in [0.1, 0.15) is 38.2 Å². The van der Waals surface area contributed by atoms with E-state index >= 15 is 0 Å². The number of pyridine rings is 1. The number of hydrogen-bond acceptors (Lipinski definition) is 4. The Morgan fingerprint density at radius 3 is 2.84 bits per heavy atom. The summed E-state index contributed by atoms with van der Waals surface area (Å²) in [6.45, 7) is 3.89. The molecule has 0 amide bonds. The highest BCUT2D eigenvalue weighted by Crippen LogP contribution is 2.36. The average molecular weight is 344 g/mol. The predicted molar refractivity (Wildman–Crippen MR) is 95.8 cm³/mol. The lowest BCUT2D eigenvalue weighted by atomic mass is 9.74. The van der Waals surface area contributed by atoms with E-state index in [0.29, 0.717) is 18.6 Å². The van der Waals surface area contributed by atoms with Crippen molar-refractivity contribution >= 4 is 16.9 Å². The Labute approximate surface area is 147 Å². The molecule has 2 heterocycles. The zero-order valence-electron chi connectivity index (χ0n) is 14.7. The van der Waals surface area contributed by atoms with E-state index in [2.05, 4.69) is 10.3 Å². The number of hydrogen-bond donors (Lipinski definition) is 1. The van der Waals surface area contributed by atoms with Gasteiger partial charge in [-0.2, -0.15) is 0 Å². The largest absolute Gasteiger partial charge is 0.466 e. The molecule has 1 aliphatic heterocycles. The highest BCUT2D eigenvalue weighted by atomic mass is 19.1. The van der Waals surface area contributed by atoms with Gasteiger partial charge in [0.05, 0.1) is 23.7 Å². The van der Waals surface area contributed by atoms with Crippen LogP contribution in [0.15, 0.2) is 30.5 Å². The summed E-state index contributed by atoms with van der Waals surface area (Å²) in [4.78, 5) is 16.7. The van der Waals surface area contributed by atoms with Crippen molar-refractivity contribution in [3.8, 4) is 0 Å². The minimum absolute atomic E-state index is 0.100. The molecule has 5 heteroatoms. The van der Waals surface area contributed by atoms with E-state index in [1.54, 1.807) is 0 Å². The molecule has 4 nitrogen and oxygen atoms in total. The van der Waals surface area contributed by atoms with Gasteiger partial charge < -0.3 is 10.1 Å². The van der Waals surface area contributed by atoms with Crippen molar-refractivity contribution in [3.63, 3.8) is 0 Å². The average Bonchev–Trinajstić information content (AvgIpc) is 2.64. The minimum atomic E-state index is -0.430. The summed E-state index contributed by atoms with van der Waals surface area (Å²) in [5.74, 6) is -0.370. The Kier molecular flexibility index (Phi) is 5.63. The summed E-state index contributed by atoms with van der Waals surface area (Å²) in [6, 6.07) is 7.61. The number of carbonyl (C=O) groups is 1. The van der Waals surface area contributed by atoms with Gasteiger partial charge in [-0.05, 0) is 63.7 Å². The first-order valence-electron chi connectivity index (χ1n) is 9.06. The molecule has 1 aromatic heterocycles. The molecule has 0 aliphatic carbocycles. The molecule has 0 saturated carbocycles. The molecule has 0 atom stereocenters. The lowest BCUT2D eigenvalue weighted by Gasteiger charge is -2.35. The second kappa shape index (κ2) is 7.91. The molecular formula is C20H25FN2O2. The predicted octanol–water partition coefficient (Wildman–Crippen LogP) is 3.63. The van der Waals surface area contributed by atoms with Crippen molar-refractivity contribution < 1.29 is 13.9 Å². The van der Waals surface area contributed by atoms with Gasteiger partial charge in [0.2, 0.25) is 0 Å². The number of aromatic nitrogens is 1. The normalized spacial score (nSPS) is 16.7. The van der Waals surface area contributed by atoms with Crippen LogP contribution in [-0.4, -0.2) is 30.6 Å². The van der Waals surface area contributed by atoms with E-state index in [-0.39, 0.29) is 11.8 Å². The molecule has 1 N–H and O–H groups in total. The molecule has 25 heavy (non-hydrogen) atoms. The summed E-state index contributed by atoms with van der Waals surface area (Å²) >= 11 is 0. The number of aryl methyl sites for hydroxylation is 1. The second-order valence-electron chi connectivity index (χ2n) is 6.71. The summed E-state index contributed by atoms with van der Waals surface area (Å²) in [6.07, 6.45) is 4.94. The lowest BCUT2D eigenvalue weighted by molar-refractivity contribution is -0.157. The third-order valence-electron chi connectivity index (χ3n) is 5.19. The zero-order chi connectivity index (χ0) is 17.7. The maximum absolute atomic E-state index is 14.3. The fourth-order valence-electron chi connectivity index (χ4n) is 3.78. The van der Waals surface area contributed by atoms with Gasteiger partial charge in [0, 0.05) is 5.39 Å². The number of esters is 1. The van der Waals surface area contributed by atoms with Crippen molar-refractivity contribution in [2.45, 2.75) is 39.0 Å². The van der Waals surface area contributed by atoms with Gasteiger partial charge in [-0.3, -0.25) is 9.78 Å². The van der Waals surface area contributed by atoms with Gasteiger partial charge in [-0.15, -0.1) is 0 Å². The smallest absolute Gasteiger partial charge is 0.312 e. The topological polar surface area (TPSA) is 51.2 Å². The maximum Gasteiger partial charge on any atom is 0.312 e. The molecule has 2 aromatic rings. The summed E-state index contributed by atoms with van der Waals surface area (Å²) in [5.41, 5.74) is 1.07. The fraction of sp³-hybridized carbons (Fsp3) is 0.500. The highest BCUT2D eigenvalue weighted by molar-refractivity contribution is 5.82. The van der Waals surface area contributed by atoms with Crippen LogP contribution >= 0.6 is 0 Å². The van der Waals surface area contributed by atoms with Crippen LogP contribution in [0.2, 0.25) is 0 Å². The molecule has 0 spiro atoms. The van der Waals surface area contributed by atoms with Crippen molar-refractivity contribution in [1.29, 1.82) is 0 Å². The van der Waals surface area contributed by atoms with E-state index < -0.39 is 5.41 Å². The number of halogens is 1. The van der Waals surface area contributed by atoms with Gasteiger partial charge in [-0.1, -0.05) is 18.2 Å². The SMILES string of the molecule is CCOC(=O)C1(CCCc2c(F)cnc3ccccc23)CCNCC1. The number of para-hydroxylation sites is 1. The van der Waals surface area contributed by atoms with Crippen molar-refractivity contribution in [2.24, 2.45) is 5.41 Å². The van der Waals surface area contributed by atoms with Crippen LogP contribution in [0.4, 0.5) is 4.39 Å². The van der Waals surface area contributed by atoms with Crippen LogP contribution in [0.3, 0.4) is 0 Å². The Balaban J connectivity index is 1.74. The first kappa shape index (κ1) is 17.8. The molecule has 1 aliphatic rings. The van der Waals surface area contributed by atoms with Crippen molar-refractivity contribution in [2.75, 3.05) is 19.7 Å². The number of ether oxygens (including phenoxy) is 1. The van der Waals surface area contributed by atoms with E-state index in [1.807, 2.05) is 31.2 Å². The summed E-state index contributed by atoms with van der Waals surface area (Å²) in [5, 5.41) is 4.16. The maximum atomic E-state index is 14.3. The Hall–Kier alpha value is -2.01. The number of nitrogens with one attached hydrogen (secondary N) is 1. The Morgan fingerprint density at radius 2 is 2.08 bits per heavy atom. The molecule has 1 fully saturated rings. The van der Waals surface area contributed by atoms with Gasteiger partial charge in [0.15, 0.2) is 0 Å². The highest BCUT2D eigenvalue weighted by Gasteiger charge is 2.40. The van der Waals surface area contributed by atoms with Crippen LogP contribution in [0, 0.1) is 11.2 Å². The number of nitrogens with zero attached hydrogens (tertiary/aromatic N) is 1. The fourth-order valence-corrected chi connectivity index (χ4v) is 3.78. The number of rotatable bonds is 6. The van der Waals surface area contributed by atoms with Gasteiger partial charge in [0.25, 0.3) is 0 Å². The van der Waals surface area contributed by atoms with Crippen LogP contribution in [0.5, 0.6) is 0 Å². The molecule has 3 rings (SSSR count). The molecule has 0 radical (unpaired) electrons. The lowest BCUT2D eigenvalue weighted by Crippen LogP contribution is -2.43. The standard InChI is InChI=1S/C20H25FN2O2/c1-2-25-19(24)20(10-12-22-13-11-20)9-5-7-15-16-6-3-4-8-18(16)23-14-17(15)21/h3-4,6,8,14,22H,2,5,7,9-13H2,1H3. The molecular weight excluding hydrogens is 319 g/mol. The third-order valence-corrected chi connectivity index (χ3v) is 5.19. The molecule has 134 valence electrons. The van der Waals surface area contributed by atoms with Crippen LogP contribution in [-0.2, 0) is 16.0 Å². The molecule has 1 saturated heterocycles. The van der Waals surface area contributed by atoms with E-state index in [0.717, 1.165) is 49.7 Å². The second-order valence-corrected chi connectivity index (χ2v) is 6.71. The zero-order valence-corrected chi connectivity index (χ0v) is 14.7. The summed E-state index contributed by atoms with van der Waals surface area (Å²) in [7, 11) is 0. The quantitative estimate of drug-likeness (QED) is 0.813. The van der Waals surface area contributed by atoms with Crippen molar-refractivity contribution in [1.82, 2.24) is 10.3 Å². The van der Waals surface area contributed by atoms with Gasteiger partial charge in [-0.25, -0.2) is 4.39 Å². The number of fused-ring (bicyclic) bond motifs is 1. The summed E-state index contributed by atoms with van der Waals surface area (Å²) < 4.78 is 19.6. The number of benzene rings is 1. The van der Waals surface area contributed by atoms with E-state index in [9.17, 15) is 9.18 Å². The minimum Gasteiger partial charge on any atom is -0.466 e. The third kappa shape index (κ3) is 3.82. The van der Waals surface area contributed by atoms with E-state index in [4.69, 9.17) is 4.74 Å². The first-order valence-corrected chi connectivity index (χ1v) is 9.06. The number of piperidine rings is 1. The first-order chi connectivity index (χ1) is 12.2. The Bertz CT molecular complexity index is 742. The monoisotopic (exact) mass is 344 g/mol. The van der Waals surface area contributed by atoms with Crippen LogP contribution in [0.25, 0.3) is 10.9 Å². The van der Waals surface area contributed by atoms with Crippen LogP contribution < -0.4 is 5.32 Å². The van der Waals surface area contributed by atoms with Gasteiger partial charge in [0.1, 0.15) is 5.82 Å². The Morgan fingerprint density at radius 1 is 1.32 bits per heavy atom. The van der Waals surface area contributed by atoms with Crippen molar-refractivity contribution in [3.05, 3.63) is 41.8 Å².